The van der Waals surface area contributed by atoms with Gasteiger partial charge in [0.1, 0.15) is 11.8 Å². The molecule has 0 aliphatic heterocycles. The quantitative estimate of drug-likeness (QED) is 0.562. The maximum atomic E-state index is 10.1. The molecule has 0 saturated heterocycles. The fourth-order valence-electron chi connectivity index (χ4n) is 3.19. The van der Waals surface area contributed by atoms with E-state index >= 15 is 0 Å². The topological polar surface area (TPSA) is 87.6 Å². The van der Waals surface area contributed by atoms with E-state index in [1.165, 1.54) is 0 Å². The van der Waals surface area contributed by atoms with Gasteiger partial charge in [-0.05, 0) is 30.2 Å². The zero-order valence-electron chi connectivity index (χ0n) is 16.3. The predicted molar refractivity (Wildman–Crippen MR) is 112 cm³/mol. The van der Waals surface area contributed by atoms with Gasteiger partial charge in [-0.25, -0.2) is 4.98 Å². The number of rotatable bonds is 5. The van der Waals surface area contributed by atoms with Gasteiger partial charge in [0.2, 0.25) is 0 Å². The van der Waals surface area contributed by atoms with Gasteiger partial charge in [0.05, 0.1) is 30.1 Å². The highest BCUT2D eigenvalue weighted by Gasteiger charge is 2.15. The Kier molecular flexibility index (Phi) is 5.07. The van der Waals surface area contributed by atoms with Crippen molar-refractivity contribution in [2.45, 2.75) is 26.5 Å². The third-order valence-electron chi connectivity index (χ3n) is 4.98. The molecule has 0 aliphatic carbocycles. The van der Waals surface area contributed by atoms with E-state index in [4.69, 9.17) is 0 Å². The zero-order valence-corrected chi connectivity index (χ0v) is 16.3. The molecule has 3 heterocycles. The molecule has 0 fully saturated rings. The minimum Gasteiger partial charge on any atom is -0.391 e. The van der Waals surface area contributed by atoms with Gasteiger partial charge in [-0.15, -0.1) is 0 Å². The minimum atomic E-state index is -0.465. The van der Waals surface area contributed by atoms with E-state index < -0.39 is 6.10 Å². The van der Waals surface area contributed by atoms with Crippen LogP contribution in [0, 0.1) is 17.2 Å². The Labute approximate surface area is 169 Å². The summed E-state index contributed by atoms with van der Waals surface area (Å²) in [6.45, 7) is 4.38. The van der Waals surface area contributed by atoms with E-state index in [1.54, 1.807) is 23.1 Å². The van der Waals surface area contributed by atoms with Crippen molar-refractivity contribution in [3.63, 3.8) is 0 Å². The molecule has 1 aromatic carbocycles. The molecule has 29 heavy (non-hydrogen) atoms. The molecule has 6 heteroatoms. The fraction of sp³-hybridized carbons (Fsp3) is 0.217. The molecule has 0 bridgehead atoms. The van der Waals surface area contributed by atoms with Crippen molar-refractivity contribution in [1.29, 1.82) is 5.26 Å². The van der Waals surface area contributed by atoms with Crippen LogP contribution in [0.25, 0.3) is 33.3 Å². The Morgan fingerprint density at radius 1 is 1.14 bits per heavy atom. The maximum absolute atomic E-state index is 10.1. The van der Waals surface area contributed by atoms with E-state index in [2.05, 4.69) is 21.1 Å². The number of hydrogen-bond donors (Lipinski definition) is 1. The summed E-state index contributed by atoms with van der Waals surface area (Å²) < 4.78 is 1.74. The summed E-state index contributed by atoms with van der Waals surface area (Å²) in [5.74, 6) is 0.153. The Morgan fingerprint density at radius 2 is 2.00 bits per heavy atom. The standard InChI is InChI=1S/C23H21N5O/c1-15(2)22(29)14-28-13-18(12-26-28)20-8-7-19(11-24)27-23(20)17-6-5-16-4-3-9-25-21(16)10-17/h3-10,12-13,15,22,29H,14H2,1-2H3. The number of nitrogens with zero attached hydrogens (tertiary/aromatic N) is 5. The second-order valence-corrected chi connectivity index (χ2v) is 7.38. The number of benzene rings is 1. The molecule has 4 aromatic rings. The first-order chi connectivity index (χ1) is 14.0. The smallest absolute Gasteiger partial charge is 0.141 e. The highest BCUT2D eigenvalue weighted by molar-refractivity contribution is 5.87. The molecular weight excluding hydrogens is 362 g/mol. The van der Waals surface area contributed by atoms with Gasteiger partial charge in [0.25, 0.3) is 0 Å². The van der Waals surface area contributed by atoms with Crippen molar-refractivity contribution in [3.05, 3.63) is 66.7 Å². The summed E-state index contributed by atoms with van der Waals surface area (Å²) in [4.78, 5) is 9.00. The Balaban J connectivity index is 1.78. The molecule has 1 atom stereocenters. The molecule has 144 valence electrons. The van der Waals surface area contributed by atoms with Gasteiger partial charge in [0.15, 0.2) is 0 Å². The number of aliphatic hydroxyl groups excluding tert-OH is 1. The molecule has 1 N–H and O–H groups in total. The molecule has 0 amide bonds. The average molecular weight is 383 g/mol. The number of nitriles is 1. The van der Waals surface area contributed by atoms with E-state index in [9.17, 15) is 10.4 Å². The number of fused-ring (bicyclic) bond motifs is 1. The number of hydrogen-bond acceptors (Lipinski definition) is 5. The van der Waals surface area contributed by atoms with Crippen molar-refractivity contribution in [3.8, 4) is 28.5 Å². The summed E-state index contributed by atoms with van der Waals surface area (Å²) in [6.07, 6.45) is 4.96. The molecule has 0 spiro atoms. The average Bonchev–Trinajstić information content (AvgIpc) is 3.21. The van der Waals surface area contributed by atoms with Crippen molar-refractivity contribution in [1.82, 2.24) is 19.7 Å². The zero-order chi connectivity index (χ0) is 20.4. The first-order valence-corrected chi connectivity index (χ1v) is 9.52. The second kappa shape index (κ2) is 7.82. The summed E-state index contributed by atoms with van der Waals surface area (Å²) in [5.41, 5.74) is 4.58. The molecule has 3 aromatic heterocycles. The van der Waals surface area contributed by atoms with Crippen molar-refractivity contribution in [2.24, 2.45) is 5.92 Å². The molecular formula is C23H21N5O. The molecule has 4 rings (SSSR count). The fourth-order valence-corrected chi connectivity index (χ4v) is 3.19. The first-order valence-electron chi connectivity index (χ1n) is 9.52. The van der Waals surface area contributed by atoms with E-state index in [0.29, 0.717) is 17.9 Å². The molecule has 0 saturated carbocycles. The lowest BCUT2D eigenvalue weighted by Gasteiger charge is -2.13. The number of pyridine rings is 2. The van der Waals surface area contributed by atoms with Crippen LogP contribution in [0.2, 0.25) is 0 Å². The molecule has 0 radical (unpaired) electrons. The third-order valence-corrected chi connectivity index (χ3v) is 4.98. The summed E-state index contributed by atoms with van der Waals surface area (Å²) in [5, 5.41) is 24.9. The van der Waals surface area contributed by atoms with Crippen LogP contribution < -0.4 is 0 Å². The molecule has 0 aliphatic rings. The van der Waals surface area contributed by atoms with Gasteiger partial charge in [0, 0.05) is 34.5 Å². The second-order valence-electron chi connectivity index (χ2n) is 7.38. The van der Waals surface area contributed by atoms with E-state index in [-0.39, 0.29) is 5.92 Å². The van der Waals surface area contributed by atoms with Crippen LogP contribution in [0.15, 0.2) is 61.1 Å². The van der Waals surface area contributed by atoms with Crippen LogP contribution in [0.3, 0.4) is 0 Å². The summed E-state index contributed by atoms with van der Waals surface area (Å²) >= 11 is 0. The third kappa shape index (κ3) is 3.86. The first kappa shape index (κ1) is 18.8. The normalized spacial score (nSPS) is 12.2. The van der Waals surface area contributed by atoms with E-state index in [1.807, 2.05) is 56.4 Å². The summed E-state index contributed by atoms with van der Waals surface area (Å²) in [6, 6.07) is 15.6. The maximum Gasteiger partial charge on any atom is 0.141 e. The van der Waals surface area contributed by atoms with Crippen LogP contribution in [0.1, 0.15) is 19.5 Å². The molecule has 6 nitrogen and oxygen atoms in total. The van der Waals surface area contributed by atoms with Gasteiger partial charge in [-0.2, -0.15) is 10.4 Å². The Hall–Kier alpha value is -3.56. The Morgan fingerprint density at radius 3 is 2.79 bits per heavy atom. The van der Waals surface area contributed by atoms with Gasteiger partial charge >= 0.3 is 0 Å². The predicted octanol–water partition coefficient (Wildman–Crippen LogP) is 4.05. The highest BCUT2D eigenvalue weighted by atomic mass is 16.3. The lowest BCUT2D eigenvalue weighted by atomic mass is 10.00. The van der Waals surface area contributed by atoms with Crippen LogP contribution in [0.5, 0.6) is 0 Å². The summed E-state index contributed by atoms with van der Waals surface area (Å²) in [7, 11) is 0. The van der Waals surface area contributed by atoms with Crippen molar-refractivity contribution < 1.29 is 5.11 Å². The van der Waals surface area contributed by atoms with Crippen LogP contribution >= 0.6 is 0 Å². The van der Waals surface area contributed by atoms with Crippen LogP contribution in [0.4, 0.5) is 0 Å². The largest absolute Gasteiger partial charge is 0.391 e. The lowest BCUT2D eigenvalue weighted by Crippen LogP contribution is -2.21. The van der Waals surface area contributed by atoms with Crippen molar-refractivity contribution >= 4 is 10.9 Å². The van der Waals surface area contributed by atoms with E-state index in [0.717, 1.165) is 27.6 Å². The van der Waals surface area contributed by atoms with Crippen LogP contribution in [-0.2, 0) is 6.54 Å². The minimum absolute atomic E-state index is 0.153. The van der Waals surface area contributed by atoms with Crippen molar-refractivity contribution in [2.75, 3.05) is 0 Å². The van der Waals surface area contributed by atoms with Crippen LogP contribution in [-0.4, -0.2) is 31.0 Å². The number of aliphatic hydroxyl groups is 1. The Bertz CT molecular complexity index is 1210. The SMILES string of the molecule is CC(C)C(O)Cn1cc(-c2ccc(C#N)nc2-c2ccc3cccnc3c2)cn1. The monoisotopic (exact) mass is 383 g/mol. The van der Waals surface area contributed by atoms with Gasteiger partial charge in [-0.3, -0.25) is 9.67 Å². The van der Waals surface area contributed by atoms with Gasteiger partial charge < -0.3 is 5.11 Å². The lowest BCUT2D eigenvalue weighted by molar-refractivity contribution is 0.103. The highest BCUT2D eigenvalue weighted by Crippen LogP contribution is 2.32. The molecule has 1 unspecified atom stereocenters. The number of aromatic nitrogens is 4. The van der Waals surface area contributed by atoms with Gasteiger partial charge in [-0.1, -0.05) is 32.0 Å².